The Hall–Kier alpha value is -3.40. The van der Waals surface area contributed by atoms with Crippen molar-refractivity contribution in [1.82, 2.24) is 23.3 Å². The highest BCUT2D eigenvalue weighted by atomic mass is 32.2. The van der Waals surface area contributed by atoms with Crippen LogP contribution in [0.25, 0.3) is 0 Å². The fourth-order valence-corrected chi connectivity index (χ4v) is 8.93. The van der Waals surface area contributed by atoms with Crippen molar-refractivity contribution < 1.29 is 36.0 Å². The van der Waals surface area contributed by atoms with Crippen LogP contribution in [-0.2, 0) is 39.2 Å². The smallest absolute Gasteiger partial charge is 0.254 e. The van der Waals surface area contributed by atoms with Crippen molar-refractivity contribution in [2.75, 3.05) is 26.2 Å². The zero-order chi connectivity index (χ0) is 43.0. The number of carbonyl (C=O) groups is 4. The molecule has 55 heavy (non-hydrogen) atoms. The highest BCUT2D eigenvalue weighted by Gasteiger charge is 2.35. The van der Waals surface area contributed by atoms with E-state index >= 15 is 0 Å². The first-order valence-corrected chi connectivity index (χ1v) is 21.6. The summed E-state index contributed by atoms with van der Waals surface area (Å²) in [5.41, 5.74) is -1.06. The number of nitrogens with zero attached hydrogens (tertiary/aromatic N) is 5. The first-order chi connectivity index (χ1) is 24.6. The lowest BCUT2D eigenvalue weighted by atomic mass is 10.0. The lowest BCUT2D eigenvalue weighted by molar-refractivity contribution is -0.142. The van der Waals surface area contributed by atoms with Crippen molar-refractivity contribution in [3.05, 3.63) is 59.4 Å². The molecular formula is C40H67N5O8S2. The van der Waals surface area contributed by atoms with Gasteiger partial charge in [-0.05, 0) is 123 Å². The van der Waals surface area contributed by atoms with Gasteiger partial charge in [-0.25, -0.2) is 16.8 Å². The molecule has 0 aromatic carbocycles. The van der Waals surface area contributed by atoms with Crippen molar-refractivity contribution in [3.63, 3.8) is 0 Å². The predicted octanol–water partition coefficient (Wildman–Crippen LogP) is 5.74. The number of hydrogen-bond acceptors (Lipinski definition) is 8. The molecular weight excluding hydrogens is 743 g/mol. The second kappa shape index (κ2) is 18.7. The molecule has 5 aliphatic heterocycles. The Labute approximate surface area is 331 Å². The van der Waals surface area contributed by atoms with Crippen molar-refractivity contribution in [3.8, 4) is 0 Å². The van der Waals surface area contributed by atoms with Crippen molar-refractivity contribution in [2.45, 2.75) is 144 Å². The summed E-state index contributed by atoms with van der Waals surface area (Å²) in [5.74, 6) is -0.166. The number of sulfonamides is 2. The van der Waals surface area contributed by atoms with Gasteiger partial charge in [0.1, 0.15) is 0 Å². The Morgan fingerprint density at radius 3 is 1.09 bits per heavy atom. The highest BCUT2D eigenvalue weighted by Crippen LogP contribution is 2.24. The molecule has 0 unspecified atom stereocenters. The molecule has 0 aliphatic carbocycles. The Morgan fingerprint density at radius 1 is 0.418 bits per heavy atom. The molecule has 0 atom stereocenters. The summed E-state index contributed by atoms with van der Waals surface area (Å²) in [6, 6.07) is 0. The average molecular weight is 810 g/mol. The summed E-state index contributed by atoms with van der Waals surface area (Å²) in [7, 11) is -6.22. The topological polar surface area (TPSA) is 153 Å². The number of carbonyl (C=O) groups excluding carboxylic acids is 4. The molecule has 0 fully saturated rings. The molecule has 15 heteroatoms. The maximum Gasteiger partial charge on any atom is 0.254 e. The second-order valence-electron chi connectivity index (χ2n) is 18.5. The van der Waals surface area contributed by atoms with Gasteiger partial charge in [0.25, 0.3) is 11.8 Å². The minimum absolute atomic E-state index is 0.0259. The van der Waals surface area contributed by atoms with Crippen LogP contribution in [0.15, 0.2) is 59.4 Å². The average Bonchev–Trinajstić information content (AvgIpc) is 3.69. The fourth-order valence-electron chi connectivity index (χ4n) is 5.75. The van der Waals surface area contributed by atoms with Crippen LogP contribution in [-0.4, -0.2) is 118 Å². The molecule has 5 rings (SSSR count). The van der Waals surface area contributed by atoms with Crippen LogP contribution in [0.1, 0.15) is 117 Å². The highest BCUT2D eigenvalue weighted by molar-refractivity contribution is 7.92. The molecule has 0 aromatic rings. The second-order valence-corrected chi connectivity index (χ2v) is 21.9. The molecule has 0 bridgehead atoms. The number of hydrogen-bond donors (Lipinski definition) is 0. The van der Waals surface area contributed by atoms with E-state index in [0.717, 1.165) is 25.9 Å². The van der Waals surface area contributed by atoms with Gasteiger partial charge >= 0.3 is 0 Å². The molecule has 0 saturated carbocycles. The van der Waals surface area contributed by atoms with Crippen LogP contribution < -0.4 is 0 Å². The minimum atomic E-state index is -3.13. The molecule has 4 amide bonds. The molecule has 312 valence electrons. The number of rotatable bonds is 0. The molecule has 0 saturated heterocycles. The predicted molar refractivity (Wildman–Crippen MR) is 220 cm³/mol. The molecule has 0 N–H and O–H groups in total. The minimum Gasteiger partial charge on any atom is -0.334 e. The number of amides is 4. The monoisotopic (exact) mass is 809 g/mol. The maximum atomic E-state index is 11.5. The lowest BCUT2D eigenvalue weighted by Gasteiger charge is -2.36. The normalized spacial score (nSPS) is 21.0. The van der Waals surface area contributed by atoms with E-state index in [4.69, 9.17) is 0 Å². The van der Waals surface area contributed by atoms with Crippen LogP contribution in [0.4, 0.5) is 0 Å². The summed E-state index contributed by atoms with van der Waals surface area (Å²) in [6.45, 7) is 31.9. The van der Waals surface area contributed by atoms with Crippen LogP contribution in [0, 0.1) is 0 Å². The molecule has 5 heterocycles. The van der Waals surface area contributed by atoms with Gasteiger partial charge < -0.3 is 9.80 Å². The largest absolute Gasteiger partial charge is 0.334 e. The van der Waals surface area contributed by atoms with Crippen molar-refractivity contribution in [2.24, 2.45) is 0 Å². The van der Waals surface area contributed by atoms with E-state index in [1.54, 1.807) is 24.3 Å². The van der Waals surface area contributed by atoms with Crippen LogP contribution >= 0.6 is 0 Å². The van der Waals surface area contributed by atoms with E-state index in [0.29, 0.717) is 13.1 Å². The summed E-state index contributed by atoms with van der Waals surface area (Å²) in [5, 5.41) is 2.56. The first kappa shape index (κ1) is 49.6. The van der Waals surface area contributed by atoms with Gasteiger partial charge in [0.15, 0.2) is 0 Å². The molecule has 0 spiro atoms. The molecule has 5 aliphatic rings. The third-order valence-corrected chi connectivity index (χ3v) is 12.1. The SMILES string of the molecule is CC(C)(C)N1C(=O)C=CC1=O.CC(C)(C)N1CC=CC1=O.CC(C)(C)N1CC=CS1(=O)=O.CC(C)(C)N1CCC=CC1=O.CC(C)(C)N1CCC=CS1(=O)=O. The Balaban J connectivity index is 0.000000344. The molecule has 13 nitrogen and oxygen atoms in total. The van der Waals surface area contributed by atoms with Gasteiger partial charge in [0, 0.05) is 82.9 Å². The third-order valence-electron chi connectivity index (χ3n) is 8.38. The summed E-state index contributed by atoms with van der Waals surface area (Å²) >= 11 is 0. The van der Waals surface area contributed by atoms with E-state index in [1.807, 2.05) is 105 Å². The van der Waals surface area contributed by atoms with Crippen LogP contribution in [0.2, 0.25) is 0 Å². The van der Waals surface area contributed by atoms with Crippen molar-refractivity contribution >= 4 is 43.7 Å². The molecule has 0 aromatic heterocycles. The van der Waals surface area contributed by atoms with Crippen molar-refractivity contribution in [1.29, 1.82) is 0 Å². The zero-order valence-electron chi connectivity index (χ0n) is 35.8. The third kappa shape index (κ3) is 15.6. The quantitative estimate of drug-likeness (QED) is 0.281. The first-order valence-electron chi connectivity index (χ1n) is 18.6. The zero-order valence-corrected chi connectivity index (χ0v) is 37.5. The Kier molecular flexibility index (Phi) is 16.9. The van der Waals surface area contributed by atoms with Gasteiger partial charge in [-0.2, -0.15) is 8.61 Å². The van der Waals surface area contributed by atoms with E-state index < -0.39 is 25.6 Å². The molecule has 0 radical (unpaired) electrons. The van der Waals surface area contributed by atoms with E-state index in [2.05, 4.69) is 20.8 Å². The van der Waals surface area contributed by atoms with Gasteiger partial charge in [-0.3, -0.25) is 24.1 Å². The van der Waals surface area contributed by atoms with Gasteiger partial charge in [-0.15, -0.1) is 0 Å². The summed E-state index contributed by atoms with van der Waals surface area (Å²) in [4.78, 5) is 49.4. The maximum absolute atomic E-state index is 11.5. The van der Waals surface area contributed by atoms with E-state index in [-0.39, 0.29) is 45.8 Å². The van der Waals surface area contributed by atoms with Crippen LogP contribution in [0.3, 0.4) is 0 Å². The van der Waals surface area contributed by atoms with Crippen LogP contribution in [0.5, 0.6) is 0 Å². The Bertz CT molecular complexity index is 1720. The van der Waals surface area contributed by atoms with Gasteiger partial charge in [0.2, 0.25) is 31.9 Å². The lowest BCUT2D eigenvalue weighted by Crippen LogP contribution is -2.46. The fraction of sp³-hybridized carbons (Fsp3) is 0.650. The van der Waals surface area contributed by atoms with E-state index in [1.165, 1.54) is 36.5 Å². The summed E-state index contributed by atoms with van der Waals surface area (Å²) in [6.07, 6.45) is 14.9. The van der Waals surface area contributed by atoms with Gasteiger partial charge in [-0.1, -0.05) is 24.3 Å². The van der Waals surface area contributed by atoms with Gasteiger partial charge in [0.05, 0.1) is 0 Å². The Morgan fingerprint density at radius 2 is 0.836 bits per heavy atom. The standard InChI is InChI=1S/C9H15NO.C8H15NO2S.C8H11NO2.C8H13NO.C7H13NO2S/c1-9(2,3)10-7-5-4-6-8(10)11;1-8(2,3)9-6-4-5-7-12(9,10)11;1-8(2,3)9-6(10)4-5-7(9)11;1-8(2,3)9-6-4-5-7(9)10;1-7(2,3)8-5-4-6-11(8,9)10/h4,6H,5,7H2,1-3H3;5,7H,4,6H2,1-3H3;4-5H,1-3H3;4-5H,6H2,1-3H3;4,6H,5H2,1-3H3. The number of imide groups is 1. The van der Waals surface area contributed by atoms with E-state index in [9.17, 15) is 36.0 Å². The summed E-state index contributed by atoms with van der Waals surface area (Å²) < 4.78 is 48.4.